The maximum atomic E-state index is 12.8. The number of primary sulfonamides is 1. The summed E-state index contributed by atoms with van der Waals surface area (Å²) in [6, 6.07) is 12.2. The van der Waals surface area contributed by atoms with Gasteiger partial charge in [0.15, 0.2) is 0 Å². The van der Waals surface area contributed by atoms with Crippen molar-refractivity contribution in [2.75, 3.05) is 19.6 Å². The molecule has 30 heavy (non-hydrogen) atoms. The van der Waals surface area contributed by atoms with Crippen LogP contribution in [0, 0.1) is 0 Å². The number of carbonyl (C=O) groups is 1. The lowest BCUT2D eigenvalue weighted by atomic mass is 10.1. The lowest BCUT2D eigenvalue weighted by Gasteiger charge is -2.26. The third-order valence-electron chi connectivity index (χ3n) is 5.00. The second-order valence-electron chi connectivity index (χ2n) is 7.19. The zero-order chi connectivity index (χ0) is 21.8. The first-order valence-electron chi connectivity index (χ1n) is 9.68. The Hall–Kier alpha value is -2.27. The van der Waals surface area contributed by atoms with E-state index in [0.717, 1.165) is 24.8 Å². The number of hydrogen-bond acceptors (Lipinski definition) is 5. The van der Waals surface area contributed by atoms with Gasteiger partial charge in [-0.3, -0.25) is 4.79 Å². The first kappa shape index (κ1) is 22.4. The van der Waals surface area contributed by atoms with Crippen LogP contribution in [0.2, 0.25) is 0 Å². The quantitative estimate of drug-likeness (QED) is 0.659. The second-order valence-corrected chi connectivity index (χ2v) is 10.7. The number of nitrogens with one attached hydrogen (secondary N) is 1. The lowest BCUT2D eigenvalue weighted by Crippen LogP contribution is -2.35. The summed E-state index contributed by atoms with van der Waals surface area (Å²) in [5.41, 5.74) is 1.11. The molecule has 1 saturated heterocycles. The van der Waals surface area contributed by atoms with Crippen LogP contribution in [0.5, 0.6) is 0 Å². The number of nitrogens with zero attached hydrogens (tertiary/aromatic N) is 1. The van der Waals surface area contributed by atoms with Crippen LogP contribution >= 0.6 is 0 Å². The van der Waals surface area contributed by atoms with Gasteiger partial charge in [-0.2, -0.15) is 4.31 Å². The number of nitrogens with two attached hydrogens (primary N) is 1. The van der Waals surface area contributed by atoms with Crippen molar-refractivity contribution >= 4 is 26.0 Å². The van der Waals surface area contributed by atoms with Gasteiger partial charge in [-0.25, -0.2) is 22.0 Å². The van der Waals surface area contributed by atoms with E-state index in [2.05, 4.69) is 5.32 Å². The molecular weight excluding hydrogens is 426 g/mol. The smallest absolute Gasteiger partial charge is 0.251 e. The summed E-state index contributed by atoms with van der Waals surface area (Å²) >= 11 is 0. The van der Waals surface area contributed by atoms with E-state index in [1.54, 1.807) is 24.3 Å². The first-order valence-corrected chi connectivity index (χ1v) is 12.7. The fraction of sp³-hybridized carbons (Fsp3) is 0.350. The summed E-state index contributed by atoms with van der Waals surface area (Å²) in [5, 5.41) is 7.83. The SMILES string of the molecule is NS(=O)(=O)c1ccc(CCNC(=O)c2cccc(S(=O)(=O)N3CCCCC3)c2)cc1. The molecule has 8 nitrogen and oxygen atoms in total. The Morgan fingerprint density at radius 2 is 1.60 bits per heavy atom. The van der Waals surface area contributed by atoms with Gasteiger partial charge >= 0.3 is 0 Å². The maximum absolute atomic E-state index is 12.8. The van der Waals surface area contributed by atoms with Crippen LogP contribution in [0.15, 0.2) is 58.3 Å². The van der Waals surface area contributed by atoms with E-state index in [-0.39, 0.29) is 21.3 Å². The molecule has 1 fully saturated rings. The Kier molecular flexibility index (Phi) is 6.91. The minimum absolute atomic E-state index is 0.0296. The van der Waals surface area contributed by atoms with Crippen molar-refractivity contribution in [3.05, 3.63) is 59.7 Å². The van der Waals surface area contributed by atoms with Crippen molar-refractivity contribution in [1.29, 1.82) is 0 Å². The summed E-state index contributed by atoms with van der Waals surface area (Å²) in [5.74, 6) is -0.369. The normalized spacial score (nSPS) is 15.6. The molecule has 0 unspecified atom stereocenters. The van der Waals surface area contributed by atoms with Gasteiger partial charge in [-0.1, -0.05) is 24.6 Å². The highest BCUT2D eigenvalue weighted by molar-refractivity contribution is 7.89. The molecular formula is C20H25N3O5S2. The zero-order valence-corrected chi connectivity index (χ0v) is 18.1. The van der Waals surface area contributed by atoms with Gasteiger partial charge in [0.05, 0.1) is 9.79 Å². The fourth-order valence-corrected chi connectivity index (χ4v) is 5.40. The van der Waals surface area contributed by atoms with E-state index >= 15 is 0 Å². The molecule has 2 aromatic carbocycles. The molecule has 0 radical (unpaired) electrons. The second kappa shape index (κ2) is 9.25. The highest BCUT2D eigenvalue weighted by atomic mass is 32.2. The molecule has 0 atom stereocenters. The molecule has 1 aliphatic heterocycles. The van der Waals surface area contributed by atoms with Crippen LogP contribution in [-0.2, 0) is 26.5 Å². The molecule has 0 spiro atoms. The minimum Gasteiger partial charge on any atom is -0.352 e. The molecule has 162 valence electrons. The average molecular weight is 452 g/mol. The summed E-state index contributed by atoms with van der Waals surface area (Å²) < 4.78 is 49.6. The Morgan fingerprint density at radius 3 is 2.23 bits per heavy atom. The van der Waals surface area contributed by atoms with Crippen molar-refractivity contribution in [3.8, 4) is 0 Å². The number of carbonyl (C=O) groups excluding carboxylic acids is 1. The third kappa shape index (κ3) is 5.45. The van der Waals surface area contributed by atoms with Gasteiger partial charge in [0.25, 0.3) is 5.91 Å². The Labute approximate surface area is 177 Å². The van der Waals surface area contributed by atoms with E-state index < -0.39 is 20.0 Å². The van der Waals surface area contributed by atoms with E-state index in [1.165, 1.54) is 28.6 Å². The highest BCUT2D eigenvalue weighted by Crippen LogP contribution is 2.21. The van der Waals surface area contributed by atoms with Crippen LogP contribution in [0.1, 0.15) is 35.2 Å². The molecule has 2 aromatic rings. The summed E-state index contributed by atoms with van der Waals surface area (Å²) in [6.45, 7) is 1.32. The Morgan fingerprint density at radius 1 is 0.933 bits per heavy atom. The monoisotopic (exact) mass is 451 g/mol. The first-order chi connectivity index (χ1) is 14.2. The third-order valence-corrected chi connectivity index (χ3v) is 7.82. The topological polar surface area (TPSA) is 127 Å². The van der Waals surface area contributed by atoms with Crippen molar-refractivity contribution in [1.82, 2.24) is 9.62 Å². The van der Waals surface area contributed by atoms with Crippen LogP contribution in [0.3, 0.4) is 0 Å². The minimum atomic E-state index is -3.74. The van der Waals surface area contributed by atoms with Crippen molar-refractivity contribution in [2.45, 2.75) is 35.5 Å². The number of rotatable bonds is 7. The maximum Gasteiger partial charge on any atom is 0.251 e. The molecule has 3 rings (SSSR count). The Balaban J connectivity index is 1.61. The largest absolute Gasteiger partial charge is 0.352 e. The van der Waals surface area contributed by atoms with Gasteiger partial charge in [0.2, 0.25) is 20.0 Å². The molecule has 1 heterocycles. The number of hydrogen-bond donors (Lipinski definition) is 2. The van der Waals surface area contributed by atoms with E-state index in [9.17, 15) is 21.6 Å². The van der Waals surface area contributed by atoms with Gasteiger partial charge in [-0.05, 0) is 55.2 Å². The molecule has 0 bridgehead atoms. The fourth-order valence-electron chi connectivity index (χ4n) is 3.32. The standard InChI is InChI=1S/C20H25N3O5S2/c21-29(25,26)18-9-7-16(8-10-18)11-12-22-20(24)17-5-4-6-19(15-17)30(27,28)23-13-2-1-3-14-23/h4-10,15H,1-3,11-14H2,(H,22,24)(H2,21,25,26). The number of sulfonamides is 2. The van der Waals surface area contributed by atoms with Crippen LogP contribution < -0.4 is 10.5 Å². The van der Waals surface area contributed by atoms with Crippen LogP contribution in [0.25, 0.3) is 0 Å². The summed E-state index contributed by atoms with van der Waals surface area (Å²) in [4.78, 5) is 12.6. The molecule has 1 aliphatic rings. The zero-order valence-electron chi connectivity index (χ0n) is 16.5. The van der Waals surface area contributed by atoms with Gasteiger partial charge in [-0.15, -0.1) is 0 Å². The number of piperidine rings is 1. The van der Waals surface area contributed by atoms with Gasteiger partial charge in [0, 0.05) is 25.2 Å². The van der Waals surface area contributed by atoms with E-state index in [1.807, 2.05) is 0 Å². The van der Waals surface area contributed by atoms with Gasteiger partial charge < -0.3 is 5.32 Å². The van der Waals surface area contributed by atoms with E-state index in [4.69, 9.17) is 5.14 Å². The van der Waals surface area contributed by atoms with E-state index in [0.29, 0.717) is 26.1 Å². The van der Waals surface area contributed by atoms with Gasteiger partial charge in [0.1, 0.15) is 0 Å². The predicted octanol–water partition coefficient (Wildman–Crippen LogP) is 1.48. The van der Waals surface area contributed by atoms with Crippen molar-refractivity contribution < 1.29 is 21.6 Å². The molecule has 3 N–H and O–H groups in total. The molecule has 10 heteroatoms. The average Bonchev–Trinajstić information content (AvgIpc) is 2.74. The number of benzene rings is 2. The predicted molar refractivity (Wildman–Crippen MR) is 113 cm³/mol. The molecule has 1 amide bonds. The lowest BCUT2D eigenvalue weighted by molar-refractivity contribution is 0.0954. The number of amides is 1. The van der Waals surface area contributed by atoms with Crippen molar-refractivity contribution in [2.24, 2.45) is 5.14 Å². The van der Waals surface area contributed by atoms with Crippen LogP contribution in [-0.4, -0.2) is 46.7 Å². The Bertz CT molecular complexity index is 1110. The van der Waals surface area contributed by atoms with Crippen molar-refractivity contribution in [3.63, 3.8) is 0 Å². The highest BCUT2D eigenvalue weighted by Gasteiger charge is 2.26. The molecule has 0 saturated carbocycles. The summed E-state index contributed by atoms with van der Waals surface area (Å²) in [6.07, 6.45) is 3.21. The molecule has 0 aromatic heterocycles. The van der Waals surface area contributed by atoms with Crippen LogP contribution in [0.4, 0.5) is 0 Å². The molecule has 0 aliphatic carbocycles. The summed E-state index contributed by atoms with van der Waals surface area (Å²) in [7, 11) is -7.34.